The van der Waals surface area contributed by atoms with Gasteiger partial charge < -0.3 is 5.32 Å². The first-order valence-electron chi connectivity index (χ1n) is 4.29. The van der Waals surface area contributed by atoms with E-state index in [1.165, 1.54) is 12.6 Å². The first kappa shape index (κ1) is 8.62. The number of carbonyl (C=O) groups is 1. The first-order chi connectivity index (χ1) is 6.20. The van der Waals surface area contributed by atoms with Crippen LogP contribution in [0.3, 0.4) is 0 Å². The van der Waals surface area contributed by atoms with Gasteiger partial charge in [-0.05, 0) is 37.7 Å². The molecule has 1 saturated carbocycles. The monoisotopic (exact) mass is 197 g/mol. The zero-order chi connectivity index (χ0) is 9.31. The molecular weight excluding hydrogens is 186 g/mol. The molecule has 1 aromatic heterocycles. The Hall–Kier alpha value is -0.970. The van der Waals surface area contributed by atoms with Crippen molar-refractivity contribution in [2.75, 3.05) is 0 Å². The van der Waals surface area contributed by atoms with Crippen LogP contribution in [-0.2, 0) is 0 Å². The number of hydrogen-bond donors (Lipinski definition) is 1. The molecule has 1 aliphatic carbocycles. The van der Waals surface area contributed by atoms with Crippen molar-refractivity contribution in [1.82, 2.24) is 14.9 Å². The molecule has 0 atom stereocenters. The third-order valence-corrected chi connectivity index (χ3v) is 3.12. The van der Waals surface area contributed by atoms with Crippen LogP contribution >= 0.6 is 11.5 Å². The van der Waals surface area contributed by atoms with Crippen molar-refractivity contribution in [2.24, 2.45) is 0 Å². The lowest BCUT2D eigenvalue weighted by atomic mass is 9.78. The highest BCUT2D eigenvalue weighted by atomic mass is 32.1. The highest BCUT2D eigenvalue weighted by molar-refractivity contribution is 7.07. The normalized spacial score (nSPS) is 19.2. The molecule has 13 heavy (non-hydrogen) atoms. The molecule has 0 radical (unpaired) electrons. The minimum atomic E-state index is -0.0443. The van der Waals surface area contributed by atoms with Crippen LogP contribution in [0.1, 0.15) is 35.9 Å². The van der Waals surface area contributed by atoms with Gasteiger partial charge >= 0.3 is 0 Å². The van der Waals surface area contributed by atoms with Gasteiger partial charge in [0.25, 0.3) is 5.91 Å². The predicted molar refractivity (Wildman–Crippen MR) is 49.6 cm³/mol. The van der Waals surface area contributed by atoms with Gasteiger partial charge in [0.15, 0.2) is 0 Å². The molecule has 0 bridgehead atoms. The summed E-state index contributed by atoms with van der Waals surface area (Å²) in [6.07, 6.45) is 4.86. The van der Waals surface area contributed by atoms with Gasteiger partial charge in [0, 0.05) is 5.54 Å². The number of nitrogens with one attached hydrogen (secondary N) is 1. The summed E-state index contributed by atoms with van der Waals surface area (Å²) in [7, 11) is 0. The van der Waals surface area contributed by atoms with Gasteiger partial charge in [-0.25, -0.2) is 0 Å². The van der Waals surface area contributed by atoms with Crippen molar-refractivity contribution >= 4 is 17.4 Å². The summed E-state index contributed by atoms with van der Waals surface area (Å²) in [5, 5.41) is 6.61. The molecule has 70 valence electrons. The number of nitrogens with zero attached hydrogens (tertiary/aromatic N) is 2. The van der Waals surface area contributed by atoms with E-state index < -0.39 is 0 Å². The number of carbonyl (C=O) groups excluding carboxylic acids is 1. The zero-order valence-electron chi connectivity index (χ0n) is 7.41. The van der Waals surface area contributed by atoms with Crippen molar-refractivity contribution < 1.29 is 4.79 Å². The zero-order valence-corrected chi connectivity index (χ0v) is 8.23. The Labute approximate surface area is 80.5 Å². The van der Waals surface area contributed by atoms with Gasteiger partial charge in [-0.3, -0.25) is 4.79 Å². The van der Waals surface area contributed by atoms with Crippen LogP contribution in [0.25, 0.3) is 0 Å². The summed E-state index contributed by atoms with van der Waals surface area (Å²) in [5.41, 5.74) is 0.0150. The summed E-state index contributed by atoms with van der Waals surface area (Å²) in [5.74, 6) is -0.0443. The standard InChI is InChI=1S/C8H11N3OS/c1-8(3-2-4-8)10-7(12)6-5-9-11-13-6/h5H,2-4H2,1H3,(H,10,12). The van der Waals surface area contributed by atoms with Crippen LogP contribution in [0.2, 0.25) is 0 Å². The maximum Gasteiger partial charge on any atom is 0.265 e. The second kappa shape index (κ2) is 3.06. The van der Waals surface area contributed by atoms with Crippen LogP contribution in [-0.4, -0.2) is 21.0 Å². The average molecular weight is 197 g/mol. The summed E-state index contributed by atoms with van der Waals surface area (Å²) in [4.78, 5) is 12.1. The van der Waals surface area contributed by atoms with Gasteiger partial charge in [-0.2, -0.15) is 0 Å². The van der Waals surface area contributed by atoms with Crippen molar-refractivity contribution in [3.63, 3.8) is 0 Å². The van der Waals surface area contributed by atoms with Gasteiger partial charge in [-0.15, -0.1) is 5.10 Å². The number of aromatic nitrogens is 2. The molecule has 0 spiro atoms. The van der Waals surface area contributed by atoms with Crippen LogP contribution in [0.15, 0.2) is 6.20 Å². The highest BCUT2D eigenvalue weighted by Gasteiger charge is 2.33. The quantitative estimate of drug-likeness (QED) is 0.775. The molecule has 1 fully saturated rings. The minimum Gasteiger partial charge on any atom is -0.346 e. The Bertz CT molecular complexity index is 305. The fourth-order valence-corrected chi connectivity index (χ4v) is 1.85. The van der Waals surface area contributed by atoms with Crippen LogP contribution in [0.5, 0.6) is 0 Å². The SMILES string of the molecule is CC1(NC(=O)c2cnns2)CCC1. The Morgan fingerprint density at radius 1 is 1.69 bits per heavy atom. The Kier molecular flexibility index (Phi) is 2.03. The fraction of sp³-hybridized carbons (Fsp3) is 0.625. The lowest BCUT2D eigenvalue weighted by Gasteiger charge is -2.38. The second-order valence-electron chi connectivity index (χ2n) is 3.65. The smallest absolute Gasteiger partial charge is 0.265 e. The van der Waals surface area contributed by atoms with E-state index in [9.17, 15) is 4.79 Å². The molecule has 0 aromatic carbocycles. The van der Waals surface area contributed by atoms with E-state index >= 15 is 0 Å². The summed E-state index contributed by atoms with van der Waals surface area (Å²) in [6.45, 7) is 2.07. The van der Waals surface area contributed by atoms with Gasteiger partial charge in [-0.1, -0.05) is 4.49 Å². The second-order valence-corrected chi connectivity index (χ2v) is 4.44. The van der Waals surface area contributed by atoms with Crippen molar-refractivity contribution in [1.29, 1.82) is 0 Å². The molecule has 1 aromatic rings. The lowest BCUT2D eigenvalue weighted by molar-refractivity contribution is 0.0854. The van der Waals surface area contributed by atoms with E-state index in [-0.39, 0.29) is 11.4 Å². The number of amides is 1. The Balaban J connectivity index is 1.99. The van der Waals surface area contributed by atoms with Crippen LogP contribution in [0, 0.1) is 0 Å². The summed E-state index contributed by atoms with van der Waals surface area (Å²) < 4.78 is 3.65. The van der Waals surface area contributed by atoms with E-state index in [0.29, 0.717) is 4.88 Å². The van der Waals surface area contributed by atoms with Crippen LogP contribution < -0.4 is 5.32 Å². The molecule has 0 saturated heterocycles. The topological polar surface area (TPSA) is 54.9 Å². The third-order valence-electron chi connectivity index (χ3n) is 2.46. The third kappa shape index (κ3) is 1.70. The van der Waals surface area contributed by atoms with Crippen molar-refractivity contribution in [3.05, 3.63) is 11.1 Å². The predicted octanol–water partition coefficient (Wildman–Crippen LogP) is 1.21. The molecule has 5 heteroatoms. The largest absolute Gasteiger partial charge is 0.346 e. The summed E-state index contributed by atoms with van der Waals surface area (Å²) >= 11 is 1.13. The molecule has 1 amide bonds. The van der Waals surface area contributed by atoms with Crippen LogP contribution in [0.4, 0.5) is 0 Å². The van der Waals surface area contributed by atoms with Gasteiger partial charge in [0.1, 0.15) is 4.88 Å². The van der Waals surface area contributed by atoms with E-state index in [0.717, 1.165) is 24.4 Å². The van der Waals surface area contributed by atoms with Crippen molar-refractivity contribution in [2.45, 2.75) is 31.7 Å². The number of hydrogen-bond acceptors (Lipinski definition) is 4. The number of rotatable bonds is 2. The van der Waals surface area contributed by atoms with E-state index in [1.54, 1.807) is 0 Å². The lowest BCUT2D eigenvalue weighted by Crippen LogP contribution is -2.50. The van der Waals surface area contributed by atoms with Gasteiger partial charge in [0.05, 0.1) is 6.20 Å². The first-order valence-corrected chi connectivity index (χ1v) is 5.07. The van der Waals surface area contributed by atoms with E-state index in [1.807, 2.05) is 0 Å². The Morgan fingerprint density at radius 2 is 2.46 bits per heavy atom. The van der Waals surface area contributed by atoms with Crippen molar-refractivity contribution in [3.8, 4) is 0 Å². The molecule has 2 rings (SSSR count). The molecule has 1 N–H and O–H groups in total. The summed E-state index contributed by atoms with van der Waals surface area (Å²) in [6, 6.07) is 0. The Morgan fingerprint density at radius 3 is 2.92 bits per heavy atom. The molecule has 4 nitrogen and oxygen atoms in total. The molecule has 0 unspecified atom stereocenters. The molecule has 0 aliphatic heterocycles. The maximum atomic E-state index is 11.5. The van der Waals surface area contributed by atoms with E-state index in [2.05, 4.69) is 21.8 Å². The highest BCUT2D eigenvalue weighted by Crippen LogP contribution is 2.31. The molecule has 1 aliphatic rings. The molecule has 1 heterocycles. The van der Waals surface area contributed by atoms with E-state index in [4.69, 9.17) is 0 Å². The molecular formula is C8H11N3OS. The average Bonchev–Trinajstić information content (AvgIpc) is 2.53. The maximum absolute atomic E-state index is 11.5. The fourth-order valence-electron chi connectivity index (χ4n) is 1.44. The van der Waals surface area contributed by atoms with Gasteiger partial charge in [0.2, 0.25) is 0 Å². The minimum absolute atomic E-state index is 0.0150.